The monoisotopic (exact) mass is 422 g/mol. The van der Waals surface area contributed by atoms with Crippen LogP contribution in [0.25, 0.3) is 0 Å². The van der Waals surface area contributed by atoms with E-state index < -0.39 is 0 Å². The summed E-state index contributed by atoms with van der Waals surface area (Å²) in [5.41, 5.74) is 3.97. The number of thiophene rings is 1. The number of nitrogens with zero attached hydrogens (tertiary/aromatic N) is 2. The lowest BCUT2D eigenvalue weighted by Crippen LogP contribution is -2.20. The Morgan fingerprint density at radius 3 is 2.77 bits per heavy atom. The second-order valence-corrected chi connectivity index (χ2v) is 8.95. The average Bonchev–Trinajstić information content (AvgIpc) is 3.30. The van der Waals surface area contributed by atoms with Crippen LogP contribution in [0.15, 0.2) is 36.5 Å². The molecule has 2 N–H and O–H groups in total. The normalized spacial score (nSPS) is 15.5. The maximum absolute atomic E-state index is 13.3. The predicted molar refractivity (Wildman–Crippen MR) is 120 cm³/mol. The van der Waals surface area contributed by atoms with Crippen molar-refractivity contribution in [3.05, 3.63) is 63.8 Å². The van der Waals surface area contributed by atoms with Gasteiger partial charge in [0.2, 0.25) is 0 Å². The summed E-state index contributed by atoms with van der Waals surface area (Å²) in [7, 11) is 1.73. The number of aryl methyl sites for hydroxylation is 2. The molecule has 2 heterocycles. The Bertz CT molecular complexity index is 1100. The fourth-order valence-electron chi connectivity index (χ4n) is 4.01. The van der Waals surface area contributed by atoms with Crippen molar-refractivity contribution in [3.63, 3.8) is 0 Å². The Hall–Kier alpha value is -2.93. The highest BCUT2D eigenvalue weighted by molar-refractivity contribution is 7.17. The number of amides is 2. The summed E-state index contributed by atoms with van der Waals surface area (Å²) in [5.74, 6) is 0.197. The molecule has 2 amide bonds. The van der Waals surface area contributed by atoms with E-state index >= 15 is 0 Å². The van der Waals surface area contributed by atoms with Crippen molar-refractivity contribution in [2.24, 2.45) is 13.0 Å². The SMILES string of the molecule is CC[C@H]1CCc2c(sc(NC(=O)c3ccnn3C)c2C(=O)Nc2cccc(C)c2)C1. The molecule has 1 aliphatic carbocycles. The van der Waals surface area contributed by atoms with Crippen molar-refractivity contribution in [2.75, 3.05) is 10.6 Å². The van der Waals surface area contributed by atoms with E-state index in [1.54, 1.807) is 19.3 Å². The molecule has 4 rings (SSSR count). The van der Waals surface area contributed by atoms with Gasteiger partial charge in [-0.15, -0.1) is 11.3 Å². The van der Waals surface area contributed by atoms with Crippen molar-refractivity contribution in [3.8, 4) is 0 Å². The maximum atomic E-state index is 13.3. The molecule has 1 aromatic carbocycles. The lowest BCUT2D eigenvalue weighted by Gasteiger charge is -2.21. The summed E-state index contributed by atoms with van der Waals surface area (Å²) in [6, 6.07) is 9.41. The molecule has 6 nitrogen and oxygen atoms in total. The fraction of sp³-hybridized carbons (Fsp3) is 0.348. The summed E-state index contributed by atoms with van der Waals surface area (Å²) in [4.78, 5) is 27.3. The first kappa shape index (κ1) is 20.3. The number of rotatable bonds is 5. The Labute approximate surface area is 180 Å². The molecule has 0 saturated carbocycles. The number of fused-ring (bicyclic) bond motifs is 1. The van der Waals surface area contributed by atoms with E-state index in [9.17, 15) is 9.59 Å². The highest BCUT2D eigenvalue weighted by atomic mass is 32.1. The molecule has 7 heteroatoms. The second-order valence-electron chi connectivity index (χ2n) is 7.84. The van der Waals surface area contributed by atoms with Crippen molar-refractivity contribution in [1.29, 1.82) is 0 Å². The molecule has 2 aromatic heterocycles. The number of carbonyl (C=O) groups is 2. The van der Waals surface area contributed by atoms with E-state index in [-0.39, 0.29) is 11.8 Å². The molecule has 0 fully saturated rings. The number of benzene rings is 1. The quantitative estimate of drug-likeness (QED) is 0.620. The van der Waals surface area contributed by atoms with Gasteiger partial charge < -0.3 is 10.6 Å². The van der Waals surface area contributed by atoms with Gasteiger partial charge in [0.15, 0.2) is 0 Å². The molecule has 1 aliphatic rings. The van der Waals surface area contributed by atoms with Crippen LogP contribution < -0.4 is 10.6 Å². The van der Waals surface area contributed by atoms with Crippen LogP contribution in [0.4, 0.5) is 10.7 Å². The Balaban J connectivity index is 1.68. The molecule has 0 unspecified atom stereocenters. The molecule has 0 radical (unpaired) electrons. The van der Waals surface area contributed by atoms with Crippen molar-refractivity contribution in [1.82, 2.24) is 9.78 Å². The number of anilines is 2. The van der Waals surface area contributed by atoms with Gasteiger partial charge in [0.25, 0.3) is 11.8 Å². The van der Waals surface area contributed by atoms with E-state index in [1.165, 1.54) is 20.9 Å². The standard InChI is InChI=1S/C23H26N4O2S/c1-4-15-8-9-17-19(13-15)30-23(26-21(28)18-10-11-24-27(18)3)20(17)22(29)25-16-7-5-6-14(2)12-16/h5-7,10-12,15H,4,8-9,13H2,1-3H3,(H,25,29)(H,26,28)/t15-/m0/s1. The van der Waals surface area contributed by atoms with Crippen LogP contribution in [0.2, 0.25) is 0 Å². The van der Waals surface area contributed by atoms with Crippen LogP contribution in [-0.4, -0.2) is 21.6 Å². The minimum atomic E-state index is -0.259. The van der Waals surface area contributed by atoms with E-state index in [0.29, 0.717) is 22.2 Å². The van der Waals surface area contributed by atoms with Gasteiger partial charge in [-0.05, 0) is 61.4 Å². The van der Waals surface area contributed by atoms with Crippen LogP contribution >= 0.6 is 11.3 Å². The summed E-state index contributed by atoms with van der Waals surface area (Å²) in [5, 5.41) is 10.7. The highest BCUT2D eigenvalue weighted by Crippen LogP contribution is 2.41. The van der Waals surface area contributed by atoms with Crippen LogP contribution in [-0.2, 0) is 19.9 Å². The summed E-state index contributed by atoms with van der Waals surface area (Å²) in [6.45, 7) is 4.20. The number of hydrogen-bond donors (Lipinski definition) is 2. The summed E-state index contributed by atoms with van der Waals surface area (Å²) in [6.07, 6.45) is 5.61. The van der Waals surface area contributed by atoms with E-state index in [2.05, 4.69) is 22.7 Å². The molecule has 30 heavy (non-hydrogen) atoms. The third kappa shape index (κ3) is 4.03. The van der Waals surface area contributed by atoms with Gasteiger partial charge in [-0.25, -0.2) is 0 Å². The second kappa shape index (κ2) is 8.44. The molecule has 0 aliphatic heterocycles. The van der Waals surface area contributed by atoms with Crippen LogP contribution in [0, 0.1) is 12.8 Å². The Morgan fingerprint density at radius 2 is 2.07 bits per heavy atom. The zero-order chi connectivity index (χ0) is 21.3. The van der Waals surface area contributed by atoms with Gasteiger partial charge in [0.1, 0.15) is 10.7 Å². The van der Waals surface area contributed by atoms with E-state index in [0.717, 1.165) is 42.5 Å². The topological polar surface area (TPSA) is 76.0 Å². The first-order chi connectivity index (χ1) is 14.5. The predicted octanol–water partition coefficient (Wildman–Crippen LogP) is 4.81. The van der Waals surface area contributed by atoms with E-state index in [4.69, 9.17) is 0 Å². The Kier molecular flexibility index (Phi) is 5.72. The molecule has 1 atom stereocenters. The molecule has 0 spiro atoms. The number of nitrogens with one attached hydrogen (secondary N) is 2. The van der Waals surface area contributed by atoms with Crippen molar-refractivity contribution >= 4 is 33.8 Å². The minimum Gasteiger partial charge on any atom is -0.322 e. The lowest BCUT2D eigenvalue weighted by molar-refractivity contribution is 0.101. The first-order valence-corrected chi connectivity index (χ1v) is 11.1. The van der Waals surface area contributed by atoms with Crippen molar-refractivity contribution in [2.45, 2.75) is 39.5 Å². The smallest absolute Gasteiger partial charge is 0.274 e. The van der Waals surface area contributed by atoms with Gasteiger partial charge in [-0.2, -0.15) is 5.10 Å². The molecule has 3 aromatic rings. The molecule has 0 saturated heterocycles. The molecule has 0 bridgehead atoms. The average molecular weight is 423 g/mol. The van der Waals surface area contributed by atoms with Crippen LogP contribution in [0.3, 0.4) is 0 Å². The zero-order valence-corrected chi connectivity index (χ0v) is 18.3. The lowest BCUT2D eigenvalue weighted by atomic mass is 9.85. The molecular formula is C23H26N4O2S. The minimum absolute atomic E-state index is 0.173. The van der Waals surface area contributed by atoms with Gasteiger partial charge in [-0.3, -0.25) is 14.3 Å². The third-order valence-corrected chi connectivity index (χ3v) is 6.90. The third-order valence-electron chi connectivity index (χ3n) is 5.73. The van der Waals surface area contributed by atoms with Crippen molar-refractivity contribution < 1.29 is 9.59 Å². The summed E-state index contributed by atoms with van der Waals surface area (Å²) >= 11 is 1.53. The van der Waals surface area contributed by atoms with E-state index in [1.807, 2.05) is 31.2 Å². The number of carbonyl (C=O) groups excluding carboxylic acids is 2. The van der Waals surface area contributed by atoms with Gasteiger partial charge in [0, 0.05) is 23.8 Å². The highest BCUT2D eigenvalue weighted by Gasteiger charge is 2.29. The van der Waals surface area contributed by atoms with Crippen LogP contribution in [0.1, 0.15) is 56.6 Å². The first-order valence-electron chi connectivity index (χ1n) is 10.3. The Morgan fingerprint density at radius 1 is 1.23 bits per heavy atom. The summed E-state index contributed by atoms with van der Waals surface area (Å²) < 4.78 is 1.53. The largest absolute Gasteiger partial charge is 0.322 e. The van der Waals surface area contributed by atoms with Crippen LogP contribution in [0.5, 0.6) is 0 Å². The zero-order valence-electron chi connectivity index (χ0n) is 17.5. The van der Waals surface area contributed by atoms with Gasteiger partial charge in [-0.1, -0.05) is 25.5 Å². The molecule has 156 valence electrons. The van der Waals surface area contributed by atoms with Gasteiger partial charge in [0.05, 0.1) is 5.56 Å². The fourth-order valence-corrected chi connectivity index (χ4v) is 5.37. The number of aromatic nitrogens is 2. The maximum Gasteiger partial charge on any atom is 0.274 e. The molecular weight excluding hydrogens is 396 g/mol. The number of hydrogen-bond acceptors (Lipinski definition) is 4. The van der Waals surface area contributed by atoms with Gasteiger partial charge >= 0.3 is 0 Å².